The number of nitro groups is 1. The van der Waals surface area contributed by atoms with Crippen molar-refractivity contribution in [2.45, 2.75) is 6.92 Å². The van der Waals surface area contributed by atoms with Crippen LogP contribution < -0.4 is 5.56 Å². The maximum Gasteiger partial charge on any atom is 0.395 e. The van der Waals surface area contributed by atoms with Gasteiger partial charge >= 0.3 is 11.2 Å². The van der Waals surface area contributed by atoms with Crippen LogP contribution in [-0.4, -0.2) is 20.0 Å². The molecule has 7 nitrogen and oxygen atoms in total. The summed E-state index contributed by atoms with van der Waals surface area (Å²) >= 11 is 0. The van der Waals surface area contributed by atoms with Crippen LogP contribution >= 0.6 is 0 Å². The van der Waals surface area contributed by atoms with E-state index in [0.717, 1.165) is 11.1 Å². The lowest BCUT2D eigenvalue weighted by atomic mass is 10.1. The van der Waals surface area contributed by atoms with E-state index < -0.39 is 22.0 Å². The molecule has 0 fully saturated rings. The molecule has 20 heavy (non-hydrogen) atoms. The second kappa shape index (κ2) is 5.35. The molecule has 0 amide bonds. The Labute approximate surface area is 113 Å². The predicted molar refractivity (Wildman–Crippen MR) is 73.3 cm³/mol. The molecular formula is C13H11N3O4. The Morgan fingerprint density at radius 2 is 1.95 bits per heavy atom. The van der Waals surface area contributed by atoms with Gasteiger partial charge in [0.05, 0.1) is 4.92 Å². The molecule has 0 bridgehead atoms. The Hall–Kier alpha value is -2.96. The van der Waals surface area contributed by atoms with Crippen LogP contribution in [0.4, 0.5) is 5.69 Å². The van der Waals surface area contributed by atoms with Crippen LogP contribution in [0.25, 0.3) is 12.2 Å². The fraction of sp³-hybridized carbons (Fsp3) is 0.0769. The van der Waals surface area contributed by atoms with Crippen LogP contribution in [0, 0.1) is 17.0 Å². The molecule has 0 spiro atoms. The quantitative estimate of drug-likeness (QED) is 0.655. The maximum absolute atomic E-state index is 11.4. The van der Waals surface area contributed by atoms with Crippen molar-refractivity contribution in [2.75, 3.05) is 0 Å². The zero-order valence-electron chi connectivity index (χ0n) is 10.5. The summed E-state index contributed by atoms with van der Waals surface area (Å²) < 4.78 is 0. The number of hydrogen-bond acceptors (Lipinski definition) is 5. The number of aromatic hydroxyl groups is 1. The molecule has 1 heterocycles. The van der Waals surface area contributed by atoms with E-state index in [1.54, 1.807) is 6.08 Å². The first kappa shape index (κ1) is 13.5. The van der Waals surface area contributed by atoms with E-state index in [2.05, 4.69) is 9.97 Å². The minimum Gasteiger partial charge on any atom is -0.488 e. The molecule has 7 heteroatoms. The van der Waals surface area contributed by atoms with Gasteiger partial charge in [0.2, 0.25) is 0 Å². The molecule has 2 N–H and O–H groups in total. The first-order valence-corrected chi connectivity index (χ1v) is 5.70. The lowest BCUT2D eigenvalue weighted by Crippen LogP contribution is -2.14. The average molecular weight is 273 g/mol. The lowest BCUT2D eigenvalue weighted by molar-refractivity contribution is -0.387. The van der Waals surface area contributed by atoms with Crippen molar-refractivity contribution in [3.05, 3.63) is 61.7 Å². The molecule has 0 aliphatic heterocycles. The van der Waals surface area contributed by atoms with Gasteiger partial charge in [0.25, 0.3) is 5.88 Å². The van der Waals surface area contributed by atoms with Crippen LogP contribution in [0.5, 0.6) is 5.88 Å². The van der Waals surface area contributed by atoms with Gasteiger partial charge in [-0.3, -0.25) is 14.9 Å². The number of aromatic amines is 1. The zero-order chi connectivity index (χ0) is 14.7. The zero-order valence-corrected chi connectivity index (χ0v) is 10.5. The van der Waals surface area contributed by atoms with Crippen LogP contribution in [0.2, 0.25) is 0 Å². The lowest BCUT2D eigenvalue weighted by Gasteiger charge is -1.97. The monoisotopic (exact) mass is 273 g/mol. The predicted octanol–water partition coefficient (Wildman–Crippen LogP) is 1.86. The summed E-state index contributed by atoms with van der Waals surface area (Å²) in [5, 5.41) is 19.9. The average Bonchev–Trinajstić information content (AvgIpc) is 2.37. The standard InChI is InChI=1S/C13H11N3O4/c1-8-2-4-9(5-3-8)6-7-10-14-12(17)11(16(19)20)13(18)15-10/h2-7H,1H3,(H2,14,15,17,18)/b7-6+. The molecule has 0 aliphatic rings. The van der Waals surface area contributed by atoms with Gasteiger partial charge < -0.3 is 10.1 Å². The Morgan fingerprint density at radius 1 is 1.30 bits per heavy atom. The summed E-state index contributed by atoms with van der Waals surface area (Å²) in [4.78, 5) is 26.8. The van der Waals surface area contributed by atoms with E-state index in [-0.39, 0.29) is 5.82 Å². The highest BCUT2D eigenvalue weighted by atomic mass is 16.6. The summed E-state index contributed by atoms with van der Waals surface area (Å²) in [7, 11) is 0. The van der Waals surface area contributed by atoms with Gasteiger partial charge in [0, 0.05) is 0 Å². The van der Waals surface area contributed by atoms with Gasteiger partial charge in [0.1, 0.15) is 5.82 Å². The molecule has 0 saturated heterocycles. The molecule has 0 unspecified atom stereocenters. The van der Waals surface area contributed by atoms with Gasteiger partial charge in [-0.15, -0.1) is 0 Å². The van der Waals surface area contributed by atoms with Gasteiger partial charge in [-0.2, -0.15) is 4.98 Å². The van der Waals surface area contributed by atoms with E-state index in [1.165, 1.54) is 6.08 Å². The summed E-state index contributed by atoms with van der Waals surface area (Å²) in [5.41, 5.74) is 0.0290. The molecule has 1 aromatic heterocycles. The Balaban J connectivity index is 2.33. The molecule has 0 aliphatic carbocycles. The molecule has 2 aromatic rings. The third kappa shape index (κ3) is 2.89. The summed E-state index contributed by atoms with van der Waals surface area (Å²) in [6.45, 7) is 1.96. The van der Waals surface area contributed by atoms with Crippen LogP contribution in [-0.2, 0) is 0 Å². The molecule has 102 valence electrons. The number of nitrogens with zero attached hydrogens (tertiary/aromatic N) is 2. The normalized spacial score (nSPS) is 10.8. The van der Waals surface area contributed by atoms with Crippen LogP contribution in [0.1, 0.15) is 17.0 Å². The number of hydrogen-bond donors (Lipinski definition) is 2. The third-order valence-electron chi connectivity index (χ3n) is 2.59. The fourth-order valence-electron chi connectivity index (χ4n) is 1.57. The van der Waals surface area contributed by atoms with Crippen molar-refractivity contribution in [1.82, 2.24) is 9.97 Å². The Bertz CT molecular complexity index is 732. The minimum absolute atomic E-state index is 0.0404. The molecule has 0 radical (unpaired) electrons. The molecular weight excluding hydrogens is 262 g/mol. The molecule has 1 aromatic carbocycles. The minimum atomic E-state index is -0.994. The fourth-order valence-corrected chi connectivity index (χ4v) is 1.57. The van der Waals surface area contributed by atoms with Gasteiger partial charge in [-0.1, -0.05) is 35.9 Å². The number of aromatic nitrogens is 2. The van der Waals surface area contributed by atoms with Crippen molar-refractivity contribution in [2.24, 2.45) is 0 Å². The van der Waals surface area contributed by atoms with Crippen LogP contribution in [0.3, 0.4) is 0 Å². The topological polar surface area (TPSA) is 109 Å². The van der Waals surface area contributed by atoms with Crippen molar-refractivity contribution >= 4 is 17.8 Å². The van der Waals surface area contributed by atoms with Gasteiger partial charge in [-0.05, 0) is 18.6 Å². The SMILES string of the molecule is Cc1ccc(/C=C/c2nc(O)c([N+](=O)[O-])c(=O)[nH]2)cc1. The Kier molecular flexibility index (Phi) is 3.60. The first-order valence-electron chi connectivity index (χ1n) is 5.70. The highest BCUT2D eigenvalue weighted by Gasteiger charge is 2.21. The summed E-state index contributed by atoms with van der Waals surface area (Å²) in [6.07, 6.45) is 3.12. The van der Waals surface area contributed by atoms with E-state index >= 15 is 0 Å². The number of nitrogens with one attached hydrogen (secondary N) is 1. The van der Waals surface area contributed by atoms with E-state index in [0.29, 0.717) is 0 Å². The van der Waals surface area contributed by atoms with Crippen molar-refractivity contribution < 1.29 is 10.0 Å². The number of aryl methyl sites for hydroxylation is 1. The number of rotatable bonds is 3. The third-order valence-corrected chi connectivity index (χ3v) is 2.59. The largest absolute Gasteiger partial charge is 0.488 e. The summed E-state index contributed by atoms with van der Waals surface area (Å²) in [6, 6.07) is 7.58. The first-order chi connectivity index (χ1) is 9.47. The van der Waals surface area contributed by atoms with E-state index in [9.17, 15) is 20.0 Å². The highest BCUT2D eigenvalue weighted by Crippen LogP contribution is 2.17. The smallest absolute Gasteiger partial charge is 0.395 e. The Morgan fingerprint density at radius 3 is 2.50 bits per heavy atom. The second-order valence-electron chi connectivity index (χ2n) is 4.12. The van der Waals surface area contributed by atoms with Crippen LogP contribution in [0.15, 0.2) is 29.1 Å². The van der Waals surface area contributed by atoms with Gasteiger partial charge in [-0.25, -0.2) is 0 Å². The highest BCUT2D eigenvalue weighted by molar-refractivity contribution is 5.67. The van der Waals surface area contributed by atoms with Crippen molar-refractivity contribution in [3.63, 3.8) is 0 Å². The summed E-state index contributed by atoms with van der Waals surface area (Å²) in [5.74, 6) is -0.860. The van der Waals surface area contributed by atoms with Crippen molar-refractivity contribution in [1.29, 1.82) is 0 Å². The second-order valence-corrected chi connectivity index (χ2v) is 4.12. The number of benzene rings is 1. The van der Waals surface area contributed by atoms with Gasteiger partial charge in [0.15, 0.2) is 0 Å². The molecule has 2 rings (SSSR count). The maximum atomic E-state index is 11.4. The van der Waals surface area contributed by atoms with Crippen molar-refractivity contribution in [3.8, 4) is 5.88 Å². The molecule has 0 saturated carbocycles. The van der Waals surface area contributed by atoms with E-state index in [1.807, 2.05) is 31.2 Å². The molecule has 0 atom stereocenters. The van der Waals surface area contributed by atoms with E-state index in [4.69, 9.17) is 0 Å². The number of H-pyrrole nitrogens is 1.